The van der Waals surface area contributed by atoms with E-state index in [9.17, 15) is 9.59 Å². The van der Waals surface area contributed by atoms with Gasteiger partial charge in [-0.1, -0.05) is 0 Å². The number of carbonyl (C=O) groups excluding carboxylic acids is 2. The normalized spacial score (nSPS) is 15.7. The summed E-state index contributed by atoms with van der Waals surface area (Å²) in [5.74, 6) is 0.442. The summed E-state index contributed by atoms with van der Waals surface area (Å²) in [6.07, 6.45) is 0.381. The summed E-state index contributed by atoms with van der Waals surface area (Å²) in [4.78, 5) is 29.1. The van der Waals surface area contributed by atoms with Gasteiger partial charge in [0.1, 0.15) is 0 Å². The fourth-order valence-electron chi connectivity index (χ4n) is 2.08. The maximum atomic E-state index is 12.1. The monoisotopic (exact) mass is 275 g/mol. The van der Waals surface area contributed by atoms with Crippen LogP contribution in [0.4, 0.5) is 4.79 Å². The Bertz CT molecular complexity index is 287. The fraction of sp³-hybridized carbons (Fsp3) is 0.833. The molecule has 5 nitrogen and oxygen atoms in total. The molecule has 1 rings (SSSR count). The molecule has 0 N–H and O–H groups in total. The van der Waals surface area contributed by atoms with E-state index in [0.717, 1.165) is 13.1 Å². The highest BCUT2D eigenvalue weighted by atomic mass is 35.5. The van der Waals surface area contributed by atoms with Crippen LogP contribution in [0.2, 0.25) is 0 Å². The smallest absolute Gasteiger partial charge is 0.320 e. The molecule has 18 heavy (non-hydrogen) atoms. The molecule has 0 bridgehead atoms. The number of urea groups is 1. The lowest BCUT2D eigenvalue weighted by molar-refractivity contribution is -0.132. The van der Waals surface area contributed by atoms with E-state index in [1.807, 2.05) is 18.7 Å². The number of hydrogen-bond donors (Lipinski definition) is 0. The summed E-state index contributed by atoms with van der Waals surface area (Å²) in [5, 5.41) is 0. The predicted octanol–water partition coefficient (Wildman–Crippen LogP) is 1.22. The summed E-state index contributed by atoms with van der Waals surface area (Å²) in [6.45, 7) is 7.85. The van der Waals surface area contributed by atoms with Gasteiger partial charge in [0.2, 0.25) is 5.91 Å². The van der Waals surface area contributed by atoms with Crippen LogP contribution in [0.5, 0.6) is 0 Å². The fourth-order valence-corrected chi connectivity index (χ4v) is 2.24. The van der Waals surface area contributed by atoms with Crippen molar-refractivity contribution < 1.29 is 9.59 Å². The van der Waals surface area contributed by atoms with Crippen LogP contribution in [0.25, 0.3) is 0 Å². The molecule has 1 aliphatic heterocycles. The molecule has 0 unspecified atom stereocenters. The SMILES string of the molecule is CCN(CC)C(=O)N1CCN(C(=O)CCCl)CC1. The van der Waals surface area contributed by atoms with Crippen molar-refractivity contribution in [2.24, 2.45) is 0 Å². The van der Waals surface area contributed by atoms with Crippen molar-refractivity contribution in [2.45, 2.75) is 20.3 Å². The molecule has 0 spiro atoms. The van der Waals surface area contributed by atoms with Gasteiger partial charge in [-0.2, -0.15) is 0 Å². The van der Waals surface area contributed by atoms with Gasteiger partial charge in [0, 0.05) is 51.6 Å². The molecule has 1 aliphatic rings. The summed E-state index contributed by atoms with van der Waals surface area (Å²) in [5.41, 5.74) is 0. The molecule has 0 radical (unpaired) electrons. The van der Waals surface area contributed by atoms with E-state index in [-0.39, 0.29) is 11.9 Å². The molecule has 1 heterocycles. The third-order valence-electron chi connectivity index (χ3n) is 3.25. The molecule has 6 heteroatoms. The van der Waals surface area contributed by atoms with Crippen LogP contribution >= 0.6 is 11.6 Å². The highest BCUT2D eigenvalue weighted by Crippen LogP contribution is 2.07. The minimum absolute atomic E-state index is 0.0736. The number of carbonyl (C=O) groups is 2. The molecule has 0 aliphatic carbocycles. The zero-order valence-corrected chi connectivity index (χ0v) is 11.9. The second-order valence-corrected chi connectivity index (χ2v) is 4.64. The third-order valence-corrected chi connectivity index (χ3v) is 3.43. The number of hydrogen-bond acceptors (Lipinski definition) is 2. The standard InChI is InChI=1S/C12H22ClN3O2/c1-3-14(4-2)12(18)16-9-7-15(8-10-16)11(17)5-6-13/h3-10H2,1-2H3. The Labute approximate surface area is 114 Å². The minimum atomic E-state index is 0.0736. The highest BCUT2D eigenvalue weighted by molar-refractivity contribution is 6.18. The van der Waals surface area contributed by atoms with Crippen molar-refractivity contribution >= 4 is 23.5 Å². The van der Waals surface area contributed by atoms with E-state index in [1.54, 1.807) is 9.80 Å². The van der Waals surface area contributed by atoms with Gasteiger partial charge >= 0.3 is 6.03 Å². The number of halogens is 1. The molecule has 0 saturated carbocycles. The van der Waals surface area contributed by atoms with E-state index < -0.39 is 0 Å². The molecule has 1 fully saturated rings. The second-order valence-electron chi connectivity index (χ2n) is 4.26. The molecule has 1 saturated heterocycles. The van der Waals surface area contributed by atoms with Crippen molar-refractivity contribution in [1.82, 2.24) is 14.7 Å². The summed E-state index contributed by atoms with van der Waals surface area (Å²) >= 11 is 5.56. The lowest BCUT2D eigenvalue weighted by atomic mass is 10.3. The first kappa shape index (κ1) is 15.1. The predicted molar refractivity (Wildman–Crippen MR) is 71.8 cm³/mol. The van der Waals surface area contributed by atoms with E-state index in [1.165, 1.54) is 0 Å². The molecule has 3 amide bonds. The molecule has 0 aromatic rings. The highest BCUT2D eigenvalue weighted by Gasteiger charge is 2.25. The minimum Gasteiger partial charge on any atom is -0.339 e. The van der Waals surface area contributed by atoms with Gasteiger partial charge in [-0.15, -0.1) is 11.6 Å². The van der Waals surface area contributed by atoms with E-state index in [0.29, 0.717) is 38.5 Å². The molecule has 0 aromatic carbocycles. The van der Waals surface area contributed by atoms with Crippen LogP contribution in [0, 0.1) is 0 Å². The number of nitrogens with zero attached hydrogens (tertiary/aromatic N) is 3. The van der Waals surface area contributed by atoms with E-state index in [4.69, 9.17) is 11.6 Å². The van der Waals surface area contributed by atoms with Gasteiger partial charge in [0.15, 0.2) is 0 Å². The number of alkyl halides is 1. The first-order chi connectivity index (χ1) is 8.63. The Balaban J connectivity index is 2.43. The molecule has 0 aromatic heterocycles. The summed E-state index contributed by atoms with van der Waals surface area (Å²) < 4.78 is 0. The van der Waals surface area contributed by atoms with Crippen LogP contribution in [0.3, 0.4) is 0 Å². The van der Waals surface area contributed by atoms with Gasteiger partial charge in [0.05, 0.1) is 0 Å². The Morgan fingerprint density at radius 1 is 1.06 bits per heavy atom. The van der Waals surface area contributed by atoms with Crippen LogP contribution in [0.1, 0.15) is 20.3 Å². The Morgan fingerprint density at radius 3 is 2.00 bits per heavy atom. The van der Waals surface area contributed by atoms with Crippen LogP contribution < -0.4 is 0 Å². The zero-order valence-electron chi connectivity index (χ0n) is 11.2. The van der Waals surface area contributed by atoms with Crippen LogP contribution in [-0.2, 0) is 4.79 Å². The van der Waals surface area contributed by atoms with Crippen LogP contribution in [0.15, 0.2) is 0 Å². The molecule has 0 atom stereocenters. The topological polar surface area (TPSA) is 43.9 Å². The van der Waals surface area contributed by atoms with Crippen LogP contribution in [-0.4, -0.2) is 71.8 Å². The lowest BCUT2D eigenvalue weighted by Crippen LogP contribution is -2.54. The molecular formula is C12H22ClN3O2. The van der Waals surface area contributed by atoms with Crippen molar-refractivity contribution in [3.63, 3.8) is 0 Å². The van der Waals surface area contributed by atoms with E-state index in [2.05, 4.69) is 0 Å². The largest absolute Gasteiger partial charge is 0.339 e. The Morgan fingerprint density at radius 2 is 1.56 bits per heavy atom. The number of rotatable bonds is 4. The van der Waals surface area contributed by atoms with Gasteiger partial charge in [-0.05, 0) is 13.8 Å². The van der Waals surface area contributed by atoms with Gasteiger partial charge in [-0.25, -0.2) is 4.79 Å². The van der Waals surface area contributed by atoms with Gasteiger partial charge in [0.25, 0.3) is 0 Å². The van der Waals surface area contributed by atoms with Crippen molar-refractivity contribution in [3.8, 4) is 0 Å². The Hall–Kier alpha value is -0.970. The van der Waals surface area contributed by atoms with Gasteiger partial charge < -0.3 is 14.7 Å². The van der Waals surface area contributed by atoms with Crippen molar-refractivity contribution in [3.05, 3.63) is 0 Å². The van der Waals surface area contributed by atoms with Crippen molar-refractivity contribution in [2.75, 3.05) is 45.1 Å². The summed E-state index contributed by atoms with van der Waals surface area (Å²) in [7, 11) is 0. The maximum absolute atomic E-state index is 12.1. The quantitative estimate of drug-likeness (QED) is 0.724. The number of piperazine rings is 1. The summed E-state index contributed by atoms with van der Waals surface area (Å²) in [6, 6.07) is 0.0736. The number of amides is 3. The maximum Gasteiger partial charge on any atom is 0.320 e. The third kappa shape index (κ3) is 3.77. The van der Waals surface area contributed by atoms with Gasteiger partial charge in [-0.3, -0.25) is 4.79 Å². The zero-order chi connectivity index (χ0) is 13.5. The lowest BCUT2D eigenvalue weighted by Gasteiger charge is -2.37. The van der Waals surface area contributed by atoms with Crippen molar-refractivity contribution in [1.29, 1.82) is 0 Å². The average Bonchev–Trinajstić information content (AvgIpc) is 2.40. The van der Waals surface area contributed by atoms with E-state index >= 15 is 0 Å². The second kappa shape index (κ2) is 7.46. The molecule has 104 valence electrons. The Kier molecular flexibility index (Phi) is 6.25. The average molecular weight is 276 g/mol. The first-order valence-electron chi connectivity index (χ1n) is 6.51. The molecular weight excluding hydrogens is 254 g/mol. The first-order valence-corrected chi connectivity index (χ1v) is 7.05.